The van der Waals surface area contributed by atoms with Crippen molar-refractivity contribution in [1.82, 2.24) is 19.9 Å². The smallest absolute Gasteiger partial charge is 0.318 e. The van der Waals surface area contributed by atoms with Crippen molar-refractivity contribution in [3.63, 3.8) is 0 Å². The van der Waals surface area contributed by atoms with Gasteiger partial charge in [-0.05, 0) is 23.1 Å². The van der Waals surface area contributed by atoms with Gasteiger partial charge in [0.1, 0.15) is 5.52 Å². The molecule has 9 heteroatoms. The molecule has 2 aromatic heterocycles. The highest BCUT2D eigenvalue weighted by atomic mass is 35.5. The highest BCUT2D eigenvalue weighted by Gasteiger charge is 2.26. The Bertz CT molecular complexity index is 1430. The van der Waals surface area contributed by atoms with Crippen molar-refractivity contribution in [1.29, 1.82) is 0 Å². The number of methoxy groups -OCH3 is 1. The van der Waals surface area contributed by atoms with Crippen molar-refractivity contribution in [3.8, 4) is 17.1 Å². The topological polar surface area (TPSA) is 71.5 Å². The van der Waals surface area contributed by atoms with E-state index >= 15 is 0 Å². The SMILES string of the molecule is C=C(F)C(=O)N1CCN(c2nc(OC)nc3cc(-c4cccc5cccc(Cl)c45)cnc23)CC1. The highest BCUT2D eigenvalue weighted by Crippen LogP contribution is 2.35. The van der Waals surface area contributed by atoms with E-state index in [1.807, 2.05) is 47.4 Å². The fourth-order valence-electron chi connectivity index (χ4n) is 4.27. The maximum absolute atomic E-state index is 13.3. The number of carbonyl (C=O) groups excluding carboxylic acids is 1. The van der Waals surface area contributed by atoms with Crippen LogP contribution in [0.3, 0.4) is 0 Å². The molecule has 34 heavy (non-hydrogen) atoms. The molecular weight excluding hydrogens is 457 g/mol. The number of carbonyl (C=O) groups is 1. The molecule has 0 bridgehead atoms. The van der Waals surface area contributed by atoms with Gasteiger partial charge < -0.3 is 14.5 Å². The zero-order valence-electron chi connectivity index (χ0n) is 18.5. The minimum Gasteiger partial charge on any atom is -0.467 e. The number of hydrogen-bond acceptors (Lipinski definition) is 6. The van der Waals surface area contributed by atoms with E-state index in [0.717, 1.165) is 21.9 Å². The van der Waals surface area contributed by atoms with E-state index in [1.54, 1.807) is 6.20 Å². The van der Waals surface area contributed by atoms with Crippen LogP contribution in [-0.2, 0) is 4.79 Å². The second-order valence-electron chi connectivity index (χ2n) is 7.95. The van der Waals surface area contributed by atoms with Crippen LogP contribution >= 0.6 is 11.6 Å². The van der Waals surface area contributed by atoms with E-state index in [9.17, 15) is 9.18 Å². The van der Waals surface area contributed by atoms with Crippen LogP contribution in [0.1, 0.15) is 0 Å². The zero-order valence-corrected chi connectivity index (χ0v) is 19.2. The van der Waals surface area contributed by atoms with E-state index in [-0.39, 0.29) is 6.01 Å². The molecular formula is C25H21ClFN5O2. The van der Waals surface area contributed by atoms with Gasteiger partial charge in [-0.15, -0.1) is 0 Å². The Balaban J connectivity index is 1.55. The Morgan fingerprint density at radius 3 is 2.56 bits per heavy atom. The monoisotopic (exact) mass is 477 g/mol. The summed E-state index contributed by atoms with van der Waals surface area (Å²) in [4.78, 5) is 29.1. The van der Waals surface area contributed by atoms with E-state index < -0.39 is 11.7 Å². The number of piperazine rings is 1. The van der Waals surface area contributed by atoms with Gasteiger partial charge in [-0.1, -0.05) is 48.5 Å². The Kier molecular flexibility index (Phi) is 5.75. The first-order valence-corrected chi connectivity index (χ1v) is 11.1. The molecule has 1 amide bonds. The van der Waals surface area contributed by atoms with Crippen molar-refractivity contribution in [2.75, 3.05) is 38.2 Å². The molecule has 7 nitrogen and oxygen atoms in total. The average molecular weight is 478 g/mol. The molecule has 1 aliphatic heterocycles. The first-order chi connectivity index (χ1) is 16.5. The van der Waals surface area contributed by atoms with Gasteiger partial charge in [0.15, 0.2) is 11.6 Å². The number of fused-ring (bicyclic) bond motifs is 2. The molecule has 5 rings (SSSR count). The summed E-state index contributed by atoms with van der Waals surface area (Å²) in [6, 6.07) is 14.0. The van der Waals surface area contributed by atoms with Crippen LogP contribution in [0, 0.1) is 0 Å². The number of benzene rings is 2. The molecule has 1 saturated heterocycles. The lowest BCUT2D eigenvalue weighted by Gasteiger charge is -2.35. The number of nitrogens with zero attached hydrogens (tertiary/aromatic N) is 5. The van der Waals surface area contributed by atoms with Gasteiger partial charge in [-0.3, -0.25) is 9.78 Å². The third-order valence-electron chi connectivity index (χ3n) is 5.94. The predicted octanol–water partition coefficient (Wildman–Crippen LogP) is 4.64. The van der Waals surface area contributed by atoms with Crippen LogP contribution in [0.15, 0.2) is 61.1 Å². The maximum Gasteiger partial charge on any atom is 0.318 e. The highest BCUT2D eigenvalue weighted by molar-refractivity contribution is 6.36. The molecule has 1 fully saturated rings. The fourth-order valence-corrected chi connectivity index (χ4v) is 4.55. The number of hydrogen-bond donors (Lipinski definition) is 0. The molecule has 2 aromatic carbocycles. The van der Waals surface area contributed by atoms with Gasteiger partial charge in [-0.25, -0.2) is 4.39 Å². The summed E-state index contributed by atoms with van der Waals surface area (Å²) in [5.41, 5.74) is 3.06. The minimum absolute atomic E-state index is 0.216. The van der Waals surface area contributed by atoms with E-state index in [1.165, 1.54) is 12.0 Å². The molecule has 172 valence electrons. The summed E-state index contributed by atoms with van der Waals surface area (Å²) in [7, 11) is 1.51. The van der Waals surface area contributed by atoms with Crippen molar-refractivity contribution < 1.29 is 13.9 Å². The lowest BCUT2D eigenvalue weighted by molar-refractivity contribution is -0.128. The summed E-state index contributed by atoms with van der Waals surface area (Å²) in [5, 5.41) is 2.65. The third-order valence-corrected chi connectivity index (χ3v) is 6.26. The van der Waals surface area contributed by atoms with Crippen molar-refractivity contribution in [3.05, 3.63) is 66.1 Å². The van der Waals surface area contributed by atoms with Crippen molar-refractivity contribution >= 4 is 45.1 Å². The Hall–Kier alpha value is -3.78. The Labute approximate surface area is 200 Å². The first-order valence-electron chi connectivity index (χ1n) is 10.7. The lowest BCUT2D eigenvalue weighted by atomic mass is 9.99. The van der Waals surface area contributed by atoms with Crippen LogP contribution in [0.2, 0.25) is 5.02 Å². The zero-order chi connectivity index (χ0) is 23.8. The average Bonchev–Trinajstić information content (AvgIpc) is 2.87. The largest absolute Gasteiger partial charge is 0.467 e. The molecule has 3 heterocycles. The number of ether oxygens (including phenoxy) is 1. The van der Waals surface area contributed by atoms with E-state index in [4.69, 9.17) is 21.3 Å². The summed E-state index contributed by atoms with van der Waals surface area (Å²) < 4.78 is 18.6. The maximum atomic E-state index is 13.3. The van der Waals surface area contributed by atoms with Gasteiger partial charge in [0.25, 0.3) is 5.91 Å². The van der Waals surface area contributed by atoms with Crippen LogP contribution in [0.25, 0.3) is 32.9 Å². The molecule has 1 aliphatic rings. The second kappa shape index (κ2) is 8.87. The number of pyridine rings is 1. The predicted molar refractivity (Wildman–Crippen MR) is 131 cm³/mol. The Morgan fingerprint density at radius 1 is 1.12 bits per heavy atom. The fraction of sp³-hybridized carbons (Fsp3) is 0.200. The second-order valence-corrected chi connectivity index (χ2v) is 8.36. The summed E-state index contributed by atoms with van der Waals surface area (Å²) in [5.74, 6) is -1.03. The number of amides is 1. The molecule has 4 aromatic rings. The molecule has 0 aliphatic carbocycles. The summed E-state index contributed by atoms with van der Waals surface area (Å²) in [6.07, 6.45) is 1.78. The van der Waals surface area contributed by atoms with Crippen molar-refractivity contribution in [2.45, 2.75) is 0 Å². The van der Waals surface area contributed by atoms with Gasteiger partial charge in [0.05, 0.1) is 12.6 Å². The number of anilines is 1. The van der Waals surface area contributed by atoms with E-state index in [0.29, 0.717) is 48.1 Å². The Morgan fingerprint density at radius 2 is 1.85 bits per heavy atom. The molecule has 0 saturated carbocycles. The summed E-state index contributed by atoms with van der Waals surface area (Å²) >= 11 is 6.53. The van der Waals surface area contributed by atoms with E-state index in [2.05, 4.69) is 16.5 Å². The number of aromatic nitrogens is 3. The molecule has 0 spiro atoms. The molecule has 0 radical (unpaired) electrons. The minimum atomic E-state index is -0.953. The molecule has 0 N–H and O–H groups in total. The standard InChI is InChI=1S/C25H21ClFN5O2/c1-15(27)24(33)32-11-9-31(10-12-32)23-22-20(29-25(30-23)34-2)13-17(14-28-22)18-7-3-5-16-6-4-8-19(26)21(16)18/h3-8,13-14H,1,9-12H2,2H3. The normalized spacial score (nSPS) is 14.0. The quantitative estimate of drug-likeness (QED) is 0.399. The van der Waals surface area contributed by atoms with Crippen LogP contribution < -0.4 is 9.64 Å². The summed E-state index contributed by atoms with van der Waals surface area (Å²) in [6.45, 7) is 4.74. The first kappa shape index (κ1) is 22.0. The number of rotatable bonds is 4. The van der Waals surface area contributed by atoms with Crippen molar-refractivity contribution in [2.24, 2.45) is 0 Å². The van der Waals surface area contributed by atoms with Gasteiger partial charge in [-0.2, -0.15) is 9.97 Å². The molecule has 0 unspecified atom stereocenters. The molecule has 0 atom stereocenters. The van der Waals surface area contributed by atoms with Gasteiger partial charge >= 0.3 is 6.01 Å². The van der Waals surface area contributed by atoms with Gasteiger partial charge in [0, 0.05) is 48.3 Å². The lowest BCUT2D eigenvalue weighted by Crippen LogP contribution is -2.49. The van der Waals surface area contributed by atoms with Crippen LogP contribution in [-0.4, -0.2) is 59.0 Å². The van der Waals surface area contributed by atoms with Gasteiger partial charge in [0.2, 0.25) is 0 Å². The number of halogens is 2. The third kappa shape index (κ3) is 3.90. The van der Waals surface area contributed by atoms with Crippen LogP contribution in [0.4, 0.5) is 10.2 Å². The van der Waals surface area contributed by atoms with Crippen LogP contribution in [0.5, 0.6) is 6.01 Å².